The monoisotopic (exact) mass is 453 g/mol. The molecule has 1 aromatic heterocycles. The zero-order chi connectivity index (χ0) is 23.4. The molecular formula is C26H35N3O4. The van der Waals surface area contributed by atoms with E-state index >= 15 is 0 Å². The molecule has 33 heavy (non-hydrogen) atoms. The first-order chi connectivity index (χ1) is 15.8. The molecule has 1 aliphatic heterocycles. The molecule has 4 atom stereocenters. The molecule has 1 saturated heterocycles. The lowest BCUT2D eigenvalue weighted by molar-refractivity contribution is -0.152. The summed E-state index contributed by atoms with van der Waals surface area (Å²) < 4.78 is 5.80. The predicted molar refractivity (Wildman–Crippen MR) is 123 cm³/mol. The number of furan rings is 1. The molecule has 7 nitrogen and oxygen atoms in total. The van der Waals surface area contributed by atoms with Crippen LogP contribution in [-0.2, 0) is 16.0 Å². The van der Waals surface area contributed by atoms with Gasteiger partial charge in [-0.3, -0.25) is 14.4 Å². The van der Waals surface area contributed by atoms with Crippen molar-refractivity contribution >= 4 is 17.6 Å². The number of unbranched alkanes of at least 4 members (excludes halogenated alkanes) is 1. The first-order valence-electron chi connectivity index (χ1n) is 12.4. The van der Waals surface area contributed by atoms with Gasteiger partial charge in [0.05, 0.1) is 10.8 Å². The maximum atomic E-state index is 13.4. The summed E-state index contributed by atoms with van der Waals surface area (Å²) in [7, 11) is 0. The predicted octanol–water partition coefficient (Wildman–Crippen LogP) is 2.83. The number of nitrogens with two attached hydrogens (primary N) is 2. The Morgan fingerprint density at radius 2 is 1.64 bits per heavy atom. The zero-order valence-corrected chi connectivity index (χ0v) is 19.5. The first kappa shape index (κ1) is 22.4. The van der Waals surface area contributed by atoms with Crippen molar-refractivity contribution in [3.8, 4) is 0 Å². The van der Waals surface area contributed by atoms with Crippen LogP contribution in [0.1, 0.15) is 68.2 Å². The maximum Gasteiger partial charge on any atom is 0.225 e. The van der Waals surface area contributed by atoms with E-state index in [1.165, 1.54) is 19.8 Å². The molecule has 1 aromatic rings. The average molecular weight is 454 g/mol. The number of hydrogen-bond donors (Lipinski definition) is 2. The number of Topliss-reactive ketones (excluding diaryl/α,β-unsaturated/α-hetero) is 1. The van der Waals surface area contributed by atoms with Crippen LogP contribution in [-0.4, -0.2) is 42.1 Å². The first-order valence-corrected chi connectivity index (χ1v) is 12.4. The number of primary amides is 2. The Balaban J connectivity index is 1.50. The number of hydrogen-bond acceptors (Lipinski definition) is 5. The summed E-state index contributed by atoms with van der Waals surface area (Å²) in [5.74, 6) is -0.533. The maximum absolute atomic E-state index is 13.4. The van der Waals surface area contributed by atoms with Crippen molar-refractivity contribution in [3.63, 3.8) is 0 Å². The van der Waals surface area contributed by atoms with Gasteiger partial charge in [-0.25, -0.2) is 0 Å². The largest absolute Gasteiger partial charge is 0.458 e. The van der Waals surface area contributed by atoms with E-state index in [9.17, 15) is 14.4 Å². The SMILES string of the molecule is CC(=O)c1ccc(C[C@@]2(C(N)=O)[C@H]3C=C[C@H](C34CC4)[C@@]2(CCCCN2CCCC2)C(N)=O)o1. The molecule has 4 N–H and O–H groups in total. The van der Waals surface area contributed by atoms with E-state index < -0.39 is 22.6 Å². The molecule has 3 aliphatic carbocycles. The van der Waals surface area contributed by atoms with Crippen LogP contribution in [0.2, 0.25) is 0 Å². The van der Waals surface area contributed by atoms with Crippen molar-refractivity contribution < 1.29 is 18.8 Å². The molecule has 2 heterocycles. The molecular weight excluding hydrogens is 418 g/mol. The Morgan fingerprint density at radius 3 is 2.18 bits per heavy atom. The van der Waals surface area contributed by atoms with E-state index in [0.29, 0.717) is 12.2 Å². The normalized spacial score (nSPS) is 33.7. The fourth-order valence-corrected chi connectivity index (χ4v) is 7.72. The molecule has 7 heteroatoms. The molecule has 5 rings (SSSR count). The number of likely N-dealkylation sites (tertiary alicyclic amines) is 1. The number of rotatable bonds is 10. The Hall–Kier alpha value is -2.41. The highest BCUT2D eigenvalue weighted by Gasteiger charge is 2.82. The molecule has 0 unspecified atom stereocenters. The van der Waals surface area contributed by atoms with Crippen molar-refractivity contribution in [2.45, 2.75) is 58.3 Å². The molecule has 178 valence electrons. The van der Waals surface area contributed by atoms with E-state index in [0.717, 1.165) is 45.3 Å². The van der Waals surface area contributed by atoms with Crippen molar-refractivity contribution in [1.29, 1.82) is 0 Å². The quantitative estimate of drug-likeness (QED) is 0.321. The van der Waals surface area contributed by atoms with Crippen LogP contribution in [0.25, 0.3) is 0 Å². The van der Waals surface area contributed by atoms with Crippen LogP contribution in [0.4, 0.5) is 0 Å². The Labute approximate surface area is 194 Å². The molecule has 2 bridgehead atoms. The van der Waals surface area contributed by atoms with Gasteiger partial charge in [0.25, 0.3) is 0 Å². The summed E-state index contributed by atoms with van der Waals surface area (Å²) in [5, 5.41) is 0. The minimum Gasteiger partial charge on any atom is -0.458 e. The second-order valence-electron chi connectivity index (χ2n) is 10.7. The van der Waals surface area contributed by atoms with Gasteiger partial charge in [-0.05, 0) is 87.5 Å². The Morgan fingerprint density at radius 1 is 1.00 bits per heavy atom. The van der Waals surface area contributed by atoms with E-state index in [-0.39, 0.29) is 35.2 Å². The van der Waals surface area contributed by atoms with Crippen molar-refractivity contribution in [2.24, 2.45) is 39.5 Å². The number of carbonyl (C=O) groups is 3. The number of nitrogens with zero attached hydrogens (tertiary/aromatic N) is 1. The van der Waals surface area contributed by atoms with Gasteiger partial charge in [-0.15, -0.1) is 0 Å². The van der Waals surface area contributed by atoms with E-state index in [1.54, 1.807) is 12.1 Å². The number of allylic oxidation sites excluding steroid dienone is 2. The van der Waals surface area contributed by atoms with Crippen molar-refractivity contribution in [1.82, 2.24) is 4.90 Å². The van der Waals surface area contributed by atoms with Gasteiger partial charge in [0.1, 0.15) is 5.76 Å². The summed E-state index contributed by atoms with van der Waals surface area (Å²) in [6.45, 7) is 4.73. The molecule has 4 aliphatic rings. The lowest BCUT2D eigenvalue weighted by atomic mass is 9.53. The van der Waals surface area contributed by atoms with E-state index in [2.05, 4.69) is 17.1 Å². The Bertz CT molecular complexity index is 1000. The molecule has 0 aromatic carbocycles. The van der Waals surface area contributed by atoms with Crippen LogP contribution >= 0.6 is 0 Å². The topological polar surface area (TPSA) is 120 Å². The highest BCUT2D eigenvalue weighted by molar-refractivity contribution is 5.95. The fourth-order valence-electron chi connectivity index (χ4n) is 7.72. The summed E-state index contributed by atoms with van der Waals surface area (Å²) in [6, 6.07) is 3.36. The lowest BCUT2D eigenvalue weighted by Crippen LogP contribution is -2.60. The smallest absolute Gasteiger partial charge is 0.225 e. The number of carbonyl (C=O) groups excluding carboxylic acids is 3. The minimum absolute atomic E-state index is 0.0750. The average Bonchev–Trinajstić information content (AvgIpc) is 3.12. The van der Waals surface area contributed by atoms with Gasteiger partial charge < -0.3 is 20.8 Å². The molecule has 2 amide bonds. The second kappa shape index (κ2) is 7.83. The van der Waals surface area contributed by atoms with E-state index in [1.807, 2.05) is 0 Å². The standard InChI is InChI=1S/C26H35N3O4/c1-17(30)19-7-6-18(33-19)16-26(23(28)32)21-9-8-20(24(21)11-12-24)25(26,22(27)31)10-2-3-13-29-14-4-5-15-29/h6-9,20-21H,2-5,10-16H2,1H3,(H2,27,31)(H2,28,32)/t20-,21+,25+,26+/m1/s1. The molecule has 1 spiro atoms. The van der Waals surface area contributed by atoms with Gasteiger partial charge in [0, 0.05) is 13.3 Å². The van der Waals surface area contributed by atoms with Crippen molar-refractivity contribution in [3.05, 3.63) is 35.8 Å². The summed E-state index contributed by atoms with van der Waals surface area (Å²) in [6.07, 6.45) is 11.2. The lowest BCUT2D eigenvalue weighted by Gasteiger charge is -2.47. The summed E-state index contributed by atoms with van der Waals surface area (Å²) in [4.78, 5) is 41.0. The molecule has 2 saturated carbocycles. The highest BCUT2D eigenvalue weighted by Crippen LogP contribution is 2.81. The third kappa shape index (κ3) is 3.07. The fraction of sp³-hybridized carbons (Fsp3) is 0.654. The van der Waals surface area contributed by atoms with Crippen LogP contribution in [0.3, 0.4) is 0 Å². The third-order valence-corrected chi connectivity index (χ3v) is 9.26. The second-order valence-corrected chi connectivity index (χ2v) is 10.7. The molecule has 0 radical (unpaired) electrons. The van der Waals surface area contributed by atoms with Crippen LogP contribution in [0.15, 0.2) is 28.7 Å². The van der Waals surface area contributed by atoms with Gasteiger partial charge in [0.15, 0.2) is 11.5 Å². The number of ketones is 1. The highest BCUT2D eigenvalue weighted by atomic mass is 16.3. The summed E-state index contributed by atoms with van der Waals surface area (Å²) >= 11 is 0. The van der Waals surface area contributed by atoms with E-state index in [4.69, 9.17) is 15.9 Å². The molecule has 3 fully saturated rings. The zero-order valence-electron chi connectivity index (χ0n) is 19.5. The van der Waals surface area contributed by atoms with Crippen molar-refractivity contribution in [2.75, 3.05) is 19.6 Å². The van der Waals surface area contributed by atoms with Gasteiger partial charge in [-0.1, -0.05) is 18.6 Å². The van der Waals surface area contributed by atoms with Gasteiger partial charge >= 0.3 is 0 Å². The van der Waals surface area contributed by atoms with Crippen LogP contribution in [0.5, 0.6) is 0 Å². The van der Waals surface area contributed by atoms with Crippen LogP contribution < -0.4 is 11.5 Å². The summed E-state index contributed by atoms with van der Waals surface area (Å²) in [5.41, 5.74) is 10.1. The Kier molecular flexibility index (Phi) is 5.31. The minimum atomic E-state index is -1.14. The van der Waals surface area contributed by atoms with Gasteiger partial charge in [-0.2, -0.15) is 0 Å². The van der Waals surface area contributed by atoms with Gasteiger partial charge in [0.2, 0.25) is 11.8 Å². The van der Waals surface area contributed by atoms with Crippen LogP contribution in [0, 0.1) is 28.1 Å². The third-order valence-electron chi connectivity index (χ3n) is 9.26. The number of amides is 2.